The summed E-state index contributed by atoms with van der Waals surface area (Å²) >= 11 is 3.50. The molecule has 20 heavy (non-hydrogen) atoms. The summed E-state index contributed by atoms with van der Waals surface area (Å²) in [6.07, 6.45) is 0. The second-order valence-corrected chi connectivity index (χ2v) is 5.95. The second-order valence-electron chi connectivity index (χ2n) is 5.03. The molecule has 3 heteroatoms. The number of hydrogen-bond donors (Lipinski definition) is 1. The normalized spacial score (nSPS) is 10.6. The molecular formula is C17H20BrNO. The molecule has 0 radical (unpaired) electrons. The largest absolute Gasteiger partial charge is 0.507 e. The molecule has 1 N–H and O–H groups in total. The number of phenols is 1. The van der Waals surface area contributed by atoms with Crippen LogP contribution in [0.2, 0.25) is 0 Å². The average molecular weight is 334 g/mol. The Bertz CT molecular complexity index is 610. The molecule has 0 amide bonds. The van der Waals surface area contributed by atoms with Crippen LogP contribution in [0.25, 0.3) is 0 Å². The van der Waals surface area contributed by atoms with Crippen molar-refractivity contribution in [1.29, 1.82) is 0 Å². The van der Waals surface area contributed by atoms with Gasteiger partial charge in [-0.2, -0.15) is 0 Å². The first kappa shape index (κ1) is 14.9. The molecule has 0 aromatic heterocycles. The lowest BCUT2D eigenvalue weighted by Crippen LogP contribution is -2.23. The maximum Gasteiger partial charge on any atom is 0.123 e. The van der Waals surface area contributed by atoms with Gasteiger partial charge in [-0.3, -0.25) is 0 Å². The molecule has 0 saturated heterocycles. The van der Waals surface area contributed by atoms with Crippen LogP contribution in [-0.4, -0.2) is 11.7 Å². The average Bonchev–Trinajstić information content (AvgIpc) is 2.42. The third-order valence-electron chi connectivity index (χ3n) is 3.54. The first-order valence-electron chi connectivity index (χ1n) is 6.81. The van der Waals surface area contributed by atoms with E-state index in [9.17, 15) is 5.11 Å². The Kier molecular flexibility index (Phi) is 4.71. The van der Waals surface area contributed by atoms with E-state index in [0.29, 0.717) is 12.3 Å². The van der Waals surface area contributed by atoms with Crippen LogP contribution in [-0.2, 0) is 6.54 Å². The second kappa shape index (κ2) is 6.31. The van der Waals surface area contributed by atoms with Gasteiger partial charge in [0.05, 0.1) is 0 Å². The summed E-state index contributed by atoms with van der Waals surface area (Å²) < 4.78 is 1.00. The van der Waals surface area contributed by atoms with Crippen LogP contribution in [0.1, 0.15) is 23.6 Å². The lowest BCUT2D eigenvalue weighted by Gasteiger charge is -2.25. The molecule has 0 unspecified atom stereocenters. The van der Waals surface area contributed by atoms with Gasteiger partial charge in [-0.05, 0) is 50.1 Å². The van der Waals surface area contributed by atoms with E-state index in [1.807, 2.05) is 25.1 Å². The quantitative estimate of drug-likeness (QED) is 0.868. The molecule has 0 saturated carbocycles. The smallest absolute Gasteiger partial charge is 0.123 e. The number of para-hydroxylation sites is 1. The van der Waals surface area contributed by atoms with E-state index in [2.05, 4.69) is 52.9 Å². The number of hydrogen-bond acceptors (Lipinski definition) is 2. The van der Waals surface area contributed by atoms with Crippen molar-refractivity contribution in [3.05, 3.63) is 57.6 Å². The Balaban J connectivity index is 2.34. The monoisotopic (exact) mass is 333 g/mol. The minimum absolute atomic E-state index is 0.389. The van der Waals surface area contributed by atoms with Crippen molar-refractivity contribution in [3.8, 4) is 5.75 Å². The first-order valence-corrected chi connectivity index (χ1v) is 7.60. The highest BCUT2D eigenvalue weighted by atomic mass is 79.9. The zero-order valence-corrected chi connectivity index (χ0v) is 13.7. The summed E-state index contributed by atoms with van der Waals surface area (Å²) in [6, 6.07) is 12.3. The standard InChI is InChI=1S/C17H20BrNO/c1-4-19(16-8-6-5-7-12(16)2)11-14-10-15(18)9-13(3)17(14)20/h5-10,20H,4,11H2,1-3H3. The minimum Gasteiger partial charge on any atom is -0.507 e. The molecule has 2 rings (SSSR count). The van der Waals surface area contributed by atoms with Crippen molar-refractivity contribution in [3.63, 3.8) is 0 Å². The third-order valence-corrected chi connectivity index (χ3v) is 4.00. The topological polar surface area (TPSA) is 23.5 Å². The summed E-state index contributed by atoms with van der Waals surface area (Å²) in [4.78, 5) is 2.27. The van der Waals surface area contributed by atoms with Gasteiger partial charge in [0.15, 0.2) is 0 Å². The van der Waals surface area contributed by atoms with Gasteiger partial charge >= 0.3 is 0 Å². The molecule has 0 aliphatic rings. The number of phenolic OH excluding ortho intramolecular Hbond substituents is 1. The van der Waals surface area contributed by atoms with Crippen molar-refractivity contribution in [2.45, 2.75) is 27.3 Å². The minimum atomic E-state index is 0.389. The molecule has 0 fully saturated rings. The Morgan fingerprint density at radius 1 is 1.10 bits per heavy atom. The maximum atomic E-state index is 10.2. The predicted molar refractivity (Wildman–Crippen MR) is 88.4 cm³/mol. The predicted octanol–water partition coefficient (Wildman–Crippen LogP) is 4.80. The van der Waals surface area contributed by atoms with Gasteiger partial charge in [-0.25, -0.2) is 0 Å². The van der Waals surface area contributed by atoms with E-state index < -0.39 is 0 Å². The summed E-state index contributed by atoms with van der Waals surface area (Å²) in [5, 5.41) is 10.2. The maximum absolute atomic E-state index is 10.2. The lowest BCUT2D eigenvalue weighted by atomic mass is 10.1. The van der Waals surface area contributed by atoms with Crippen LogP contribution in [0.15, 0.2) is 40.9 Å². The number of halogens is 1. The van der Waals surface area contributed by atoms with Crippen molar-refractivity contribution >= 4 is 21.6 Å². The fraction of sp³-hybridized carbons (Fsp3) is 0.294. The summed E-state index contributed by atoms with van der Waals surface area (Å²) in [5.74, 6) is 0.389. The molecule has 0 bridgehead atoms. The summed E-state index contributed by atoms with van der Waals surface area (Å²) in [7, 11) is 0. The van der Waals surface area contributed by atoms with Gasteiger partial charge in [0, 0.05) is 28.8 Å². The molecule has 0 aliphatic carbocycles. The van der Waals surface area contributed by atoms with E-state index in [1.54, 1.807) is 0 Å². The van der Waals surface area contributed by atoms with E-state index in [1.165, 1.54) is 11.3 Å². The van der Waals surface area contributed by atoms with Crippen molar-refractivity contribution in [2.75, 3.05) is 11.4 Å². The van der Waals surface area contributed by atoms with E-state index in [4.69, 9.17) is 0 Å². The van der Waals surface area contributed by atoms with Crippen LogP contribution in [0.4, 0.5) is 5.69 Å². The zero-order valence-electron chi connectivity index (χ0n) is 12.2. The van der Waals surface area contributed by atoms with Crippen LogP contribution in [0.3, 0.4) is 0 Å². The Hall–Kier alpha value is -1.48. The number of aryl methyl sites for hydroxylation is 2. The summed E-state index contributed by atoms with van der Waals surface area (Å²) in [6.45, 7) is 7.77. The first-order chi connectivity index (χ1) is 9.52. The van der Waals surface area contributed by atoms with Crippen LogP contribution in [0, 0.1) is 13.8 Å². The van der Waals surface area contributed by atoms with Crippen molar-refractivity contribution < 1.29 is 5.11 Å². The number of benzene rings is 2. The Morgan fingerprint density at radius 3 is 2.45 bits per heavy atom. The molecule has 2 aromatic rings. The van der Waals surface area contributed by atoms with Gasteiger partial charge in [0.1, 0.15) is 5.75 Å². The molecular weight excluding hydrogens is 314 g/mol. The van der Waals surface area contributed by atoms with E-state index in [0.717, 1.165) is 22.1 Å². The number of rotatable bonds is 4. The highest BCUT2D eigenvalue weighted by Crippen LogP contribution is 2.30. The van der Waals surface area contributed by atoms with Gasteiger partial charge in [0.25, 0.3) is 0 Å². The number of aromatic hydroxyl groups is 1. The van der Waals surface area contributed by atoms with E-state index in [-0.39, 0.29) is 0 Å². The van der Waals surface area contributed by atoms with Crippen LogP contribution < -0.4 is 4.90 Å². The molecule has 0 spiro atoms. The van der Waals surface area contributed by atoms with E-state index >= 15 is 0 Å². The van der Waals surface area contributed by atoms with Gasteiger partial charge < -0.3 is 10.0 Å². The highest BCUT2D eigenvalue weighted by Gasteiger charge is 2.12. The van der Waals surface area contributed by atoms with Gasteiger partial charge in [0.2, 0.25) is 0 Å². The summed E-state index contributed by atoms with van der Waals surface area (Å²) in [5.41, 5.74) is 4.31. The van der Waals surface area contributed by atoms with Crippen molar-refractivity contribution in [2.24, 2.45) is 0 Å². The molecule has 0 aliphatic heterocycles. The number of nitrogens with zero attached hydrogens (tertiary/aromatic N) is 1. The molecule has 106 valence electrons. The molecule has 0 heterocycles. The lowest BCUT2D eigenvalue weighted by molar-refractivity contribution is 0.463. The zero-order chi connectivity index (χ0) is 14.7. The highest BCUT2D eigenvalue weighted by molar-refractivity contribution is 9.10. The fourth-order valence-corrected chi connectivity index (χ4v) is 3.04. The Labute approximate surface area is 129 Å². The third kappa shape index (κ3) is 3.15. The molecule has 2 nitrogen and oxygen atoms in total. The van der Waals surface area contributed by atoms with Crippen molar-refractivity contribution in [1.82, 2.24) is 0 Å². The van der Waals surface area contributed by atoms with Crippen LogP contribution in [0.5, 0.6) is 5.75 Å². The van der Waals surface area contributed by atoms with Gasteiger partial charge in [-0.1, -0.05) is 34.1 Å². The van der Waals surface area contributed by atoms with Crippen LogP contribution >= 0.6 is 15.9 Å². The molecule has 2 aromatic carbocycles. The SMILES string of the molecule is CCN(Cc1cc(Br)cc(C)c1O)c1ccccc1C. The Morgan fingerprint density at radius 2 is 1.80 bits per heavy atom. The van der Waals surface area contributed by atoms with Gasteiger partial charge in [-0.15, -0.1) is 0 Å². The molecule has 0 atom stereocenters. The number of anilines is 1. The fourth-order valence-electron chi connectivity index (χ4n) is 2.42.